The number of nitrogens with one attached hydrogen (secondary N) is 1. The molecule has 1 fully saturated rings. The second-order valence-electron chi connectivity index (χ2n) is 6.74. The molecular weight excluding hydrogens is 312 g/mol. The molecule has 0 spiro atoms. The van der Waals surface area contributed by atoms with Crippen molar-refractivity contribution in [3.63, 3.8) is 0 Å². The predicted molar refractivity (Wildman–Crippen MR) is 98.6 cm³/mol. The molecule has 2 amide bonds. The number of carbonyl (C=O) groups excluding carboxylic acids is 1. The average Bonchev–Trinajstić information content (AvgIpc) is 2.62. The molecule has 5 nitrogen and oxygen atoms in total. The fourth-order valence-electron chi connectivity index (χ4n) is 3.46. The van der Waals surface area contributed by atoms with E-state index in [0.29, 0.717) is 18.9 Å². The lowest BCUT2D eigenvalue weighted by Gasteiger charge is -2.33. The topological polar surface area (TPSA) is 58.1 Å². The van der Waals surface area contributed by atoms with Crippen LogP contribution in [0, 0.1) is 13.8 Å². The molecule has 1 aliphatic rings. The summed E-state index contributed by atoms with van der Waals surface area (Å²) in [6.07, 6.45) is 2.85. The Bertz CT molecular complexity index is 697. The average molecular weight is 338 g/mol. The fraction of sp³-hybridized carbons (Fsp3) is 0.450. The van der Waals surface area contributed by atoms with Crippen LogP contribution in [0.2, 0.25) is 0 Å². The first-order valence-electron chi connectivity index (χ1n) is 9.00. The third kappa shape index (κ3) is 4.78. The van der Waals surface area contributed by atoms with Crippen LogP contribution in [0.25, 0.3) is 0 Å². The number of piperidine rings is 1. The Balaban J connectivity index is 1.51. The Morgan fingerprint density at radius 1 is 1.20 bits per heavy atom. The maximum atomic E-state index is 12.5. The summed E-state index contributed by atoms with van der Waals surface area (Å²) in [5, 5.41) is 3.02. The third-order valence-electron chi connectivity index (χ3n) is 4.63. The van der Waals surface area contributed by atoms with E-state index >= 15 is 0 Å². The van der Waals surface area contributed by atoms with Gasteiger partial charge < -0.3 is 10.2 Å². The van der Waals surface area contributed by atoms with Crippen LogP contribution in [0.15, 0.2) is 36.4 Å². The molecule has 3 rings (SSSR count). The summed E-state index contributed by atoms with van der Waals surface area (Å²) < 4.78 is 0. The number of amides is 2. The number of hydrogen-bond donors (Lipinski definition) is 1. The number of hydrogen-bond acceptors (Lipinski definition) is 3. The number of nitrogens with zero attached hydrogens (tertiary/aromatic N) is 3. The van der Waals surface area contributed by atoms with Crippen LogP contribution < -0.4 is 5.32 Å². The van der Waals surface area contributed by atoms with E-state index < -0.39 is 0 Å². The molecule has 1 aliphatic heterocycles. The van der Waals surface area contributed by atoms with E-state index in [0.717, 1.165) is 43.1 Å². The lowest BCUT2D eigenvalue weighted by Crippen LogP contribution is -2.45. The lowest BCUT2D eigenvalue weighted by molar-refractivity contribution is 0.179. The second-order valence-corrected chi connectivity index (χ2v) is 6.74. The Morgan fingerprint density at radius 3 is 2.64 bits per heavy atom. The molecular formula is C20H26N4O. The summed E-state index contributed by atoms with van der Waals surface area (Å²) in [6.45, 7) is 6.11. The zero-order valence-corrected chi connectivity index (χ0v) is 15.0. The third-order valence-corrected chi connectivity index (χ3v) is 4.63. The summed E-state index contributed by atoms with van der Waals surface area (Å²) in [5.41, 5.74) is 3.26. The number of likely N-dealkylation sites (tertiary alicyclic amines) is 1. The largest absolute Gasteiger partial charge is 0.338 e. The van der Waals surface area contributed by atoms with E-state index in [4.69, 9.17) is 0 Å². The molecule has 132 valence electrons. The van der Waals surface area contributed by atoms with Crippen LogP contribution in [0.3, 0.4) is 0 Å². The number of urea groups is 1. The van der Waals surface area contributed by atoms with E-state index in [1.54, 1.807) is 0 Å². The maximum Gasteiger partial charge on any atom is 0.317 e. The fourth-order valence-corrected chi connectivity index (χ4v) is 3.46. The number of benzene rings is 1. The standard InChI is InChI=1S/C20H26N4O/c1-15-13-16(2)23-19(22-15)10-11-21-20(25)24-12-6-9-18(14-24)17-7-4-3-5-8-17/h3-5,7-8,13,18H,6,9-12,14H2,1-2H3,(H,21,25)/t18-/m1/s1. The van der Waals surface area contributed by atoms with Gasteiger partial charge in [-0.2, -0.15) is 0 Å². The molecule has 0 saturated carbocycles. The highest BCUT2D eigenvalue weighted by Gasteiger charge is 2.24. The van der Waals surface area contributed by atoms with Gasteiger partial charge in [0, 0.05) is 43.4 Å². The smallest absolute Gasteiger partial charge is 0.317 e. The van der Waals surface area contributed by atoms with E-state index in [1.165, 1.54) is 5.56 Å². The van der Waals surface area contributed by atoms with Crippen molar-refractivity contribution >= 4 is 6.03 Å². The highest BCUT2D eigenvalue weighted by molar-refractivity contribution is 5.74. The van der Waals surface area contributed by atoms with E-state index in [2.05, 4.69) is 39.6 Å². The van der Waals surface area contributed by atoms with E-state index in [9.17, 15) is 4.79 Å². The van der Waals surface area contributed by atoms with Crippen molar-refractivity contribution in [1.82, 2.24) is 20.2 Å². The molecule has 1 atom stereocenters. The lowest BCUT2D eigenvalue weighted by atomic mass is 9.91. The summed E-state index contributed by atoms with van der Waals surface area (Å²) in [5.74, 6) is 1.22. The zero-order valence-electron chi connectivity index (χ0n) is 15.0. The number of rotatable bonds is 4. The van der Waals surface area contributed by atoms with Crippen molar-refractivity contribution in [2.24, 2.45) is 0 Å². The molecule has 0 bridgehead atoms. The van der Waals surface area contributed by atoms with Gasteiger partial charge in [-0.1, -0.05) is 30.3 Å². The summed E-state index contributed by atoms with van der Waals surface area (Å²) in [4.78, 5) is 23.2. The van der Waals surface area contributed by atoms with Crippen molar-refractivity contribution in [2.45, 2.75) is 39.0 Å². The van der Waals surface area contributed by atoms with Gasteiger partial charge in [-0.3, -0.25) is 0 Å². The molecule has 5 heteroatoms. The van der Waals surface area contributed by atoms with Gasteiger partial charge in [0.1, 0.15) is 5.82 Å². The normalized spacial score (nSPS) is 17.4. The first-order chi connectivity index (χ1) is 12.1. The van der Waals surface area contributed by atoms with Crippen molar-refractivity contribution in [2.75, 3.05) is 19.6 Å². The van der Waals surface area contributed by atoms with Gasteiger partial charge in [-0.05, 0) is 38.3 Å². The van der Waals surface area contributed by atoms with Crippen LogP contribution in [-0.2, 0) is 6.42 Å². The molecule has 0 aliphatic carbocycles. The first kappa shape index (κ1) is 17.4. The summed E-state index contributed by atoms with van der Waals surface area (Å²) >= 11 is 0. The molecule has 0 unspecified atom stereocenters. The van der Waals surface area contributed by atoms with Gasteiger partial charge in [0.05, 0.1) is 0 Å². The van der Waals surface area contributed by atoms with Crippen molar-refractivity contribution in [1.29, 1.82) is 0 Å². The molecule has 0 radical (unpaired) electrons. The minimum absolute atomic E-state index is 0.0185. The van der Waals surface area contributed by atoms with Gasteiger partial charge in [0.2, 0.25) is 0 Å². The van der Waals surface area contributed by atoms with Crippen LogP contribution in [0.1, 0.15) is 41.5 Å². The number of aromatic nitrogens is 2. The summed E-state index contributed by atoms with van der Waals surface area (Å²) in [7, 11) is 0. The molecule has 2 aromatic rings. The van der Waals surface area contributed by atoms with Crippen LogP contribution in [-0.4, -0.2) is 40.5 Å². The van der Waals surface area contributed by atoms with Crippen LogP contribution >= 0.6 is 0 Å². The zero-order chi connectivity index (χ0) is 17.6. The highest BCUT2D eigenvalue weighted by Crippen LogP contribution is 2.26. The number of carbonyl (C=O) groups is 1. The molecule has 1 aromatic heterocycles. The minimum Gasteiger partial charge on any atom is -0.338 e. The van der Waals surface area contributed by atoms with Crippen molar-refractivity contribution in [3.05, 3.63) is 59.2 Å². The Hall–Kier alpha value is -2.43. The molecule has 1 saturated heterocycles. The van der Waals surface area contributed by atoms with Gasteiger partial charge in [-0.25, -0.2) is 14.8 Å². The van der Waals surface area contributed by atoms with E-state index in [1.807, 2.05) is 30.9 Å². The Morgan fingerprint density at radius 2 is 1.92 bits per heavy atom. The highest BCUT2D eigenvalue weighted by atomic mass is 16.2. The molecule has 25 heavy (non-hydrogen) atoms. The van der Waals surface area contributed by atoms with Gasteiger partial charge >= 0.3 is 6.03 Å². The summed E-state index contributed by atoms with van der Waals surface area (Å²) in [6, 6.07) is 12.5. The second kappa shape index (κ2) is 8.10. The van der Waals surface area contributed by atoms with Gasteiger partial charge in [0.25, 0.3) is 0 Å². The van der Waals surface area contributed by atoms with Crippen molar-refractivity contribution < 1.29 is 4.79 Å². The Kier molecular flexibility index (Phi) is 5.64. The SMILES string of the molecule is Cc1cc(C)nc(CCNC(=O)N2CCC[C@@H](c3ccccc3)C2)n1. The van der Waals surface area contributed by atoms with Crippen LogP contribution in [0.5, 0.6) is 0 Å². The predicted octanol–water partition coefficient (Wildman–Crippen LogP) is 3.23. The minimum atomic E-state index is 0.0185. The molecule has 2 heterocycles. The van der Waals surface area contributed by atoms with Gasteiger partial charge in [0.15, 0.2) is 0 Å². The number of aryl methyl sites for hydroxylation is 2. The Labute approximate surface area is 149 Å². The molecule has 1 aromatic carbocycles. The first-order valence-corrected chi connectivity index (χ1v) is 9.00. The monoisotopic (exact) mass is 338 g/mol. The molecule has 1 N–H and O–H groups in total. The van der Waals surface area contributed by atoms with Crippen molar-refractivity contribution in [3.8, 4) is 0 Å². The maximum absolute atomic E-state index is 12.5. The van der Waals surface area contributed by atoms with Gasteiger partial charge in [-0.15, -0.1) is 0 Å². The quantitative estimate of drug-likeness (QED) is 0.931. The van der Waals surface area contributed by atoms with Crippen LogP contribution in [0.4, 0.5) is 4.79 Å². The van der Waals surface area contributed by atoms with E-state index in [-0.39, 0.29) is 6.03 Å².